The van der Waals surface area contributed by atoms with E-state index in [1.165, 1.54) is 4.68 Å². The molecule has 0 aliphatic heterocycles. The molecule has 0 radical (unpaired) electrons. The molecule has 0 atom stereocenters. The zero-order valence-corrected chi connectivity index (χ0v) is 8.37. The molecule has 0 unspecified atom stereocenters. The number of rotatable bonds is 5. The maximum absolute atomic E-state index is 12.2. The molecule has 1 aromatic rings. The maximum Gasteiger partial charge on any atom is 0.419 e. The molecule has 0 spiro atoms. The van der Waals surface area contributed by atoms with Crippen LogP contribution in [-0.4, -0.2) is 20.9 Å². The zero-order valence-electron chi connectivity index (χ0n) is 8.37. The van der Waals surface area contributed by atoms with Crippen LogP contribution in [0.5, 0.6) is 0 Å². The van der Waals surface area contributed by atoms with Gasteiger partial charge in [-0.1, -0.05) is 0 Å². The molecule has 0 aliphatic carbocycles. The Kier molecular flexibility index (Phi) is 3.92. The molecule has 0 aromatic carbocycles. The Bertz CT molecular complexity index is 360. The van der Waals surface area contributed by atoms with E-state index in [0.29, 0.717) is 19.4 Å². The Morgan fingerprint density at radius 3 is 2.62 bits per heavy atom. The molecular weight excluding hydrogens is 225 g/mol. The summed E-state index contributed by atoms with van der Waals surface area (Å²) in [6.07, 6.45) is -1.76. The Labute approximate surface area is 89.7 Å². The van der Waals surface area contributed by atoms with E-state index in [2.05, 4.69) is 5.10 Å². The summed E-state index contributed by atoms with van der Waals surface area (Å²) >= 11 is 0. The summed E-state index contributed by atoms with van der Waals surface area (Å²) < 4.78 is 37.7. The molecule has 1 aromatic heterocycles. The van der Waals surface area contributed by atoms with E-state index in [1.54, 1.807) is 0 Å². The van der Waals surface area contributed by atoms with E-state index >= 15 is 0 Å². The van der Waals surface area contributed by atoms with Crippen molar-refractivity contribution < 1.29 is 23.1 Å². The molecule has 0 saturated heterocycles. The number of aryl methyl sites for hydroxylation is 1. The number of aromatic nitrogens is 2. The van der Waals surface area contributed by atoms with Crippen LogP contribution in [0.1, 0.15) is 24.8 Å². The van der Waals surface area contributed by atoms with Crippen molar-refractivity contribution in [2.75, 3.05) is 0 Å². The van der Waals surface area contributed by atoms with Gasteiger partial charge in [0.2, 0.25) is 0 Å². The van der Waals surface area contributed by atoms with Crippen molar-refractivity contribution in [1.82, 2.24) is 9.78 Å². The van der Waals surface area contributed by atoms with Crippen LogP contribution in [0.2, 0.25) is 0 Å². The first-order chi connectivity index (χ1) is 7.39. The van der Waals surface area contributed by atoms with Gasteiger partial charge in [0.05, 0.1) is 11.8 Å². The molecule has 0 saturated carbocycles. The van der Waals surface area contributed by atoms with E-state index in [9.17, 15) is 18.0 Å². The molecule has 0 aliphatic rings. The number of unbranched alkanes of at least 4 members (excludes halogenated alkanes) is 1. The summed E-state index contributed by atoms with van der Waals surface area (Å²) in [6, 6.07) is 0. The fourth-order valence-corrected chi connectivity index (χ4v) is 1.18. The first-order valence-electron chi connectivity index (χ1n) is 4.71. The minimum atomic E-state index is -4.38. The summed E-state index contributed by atoms with van der Waals surface area (Å²) in [4.78, 5) is 10.2. The van der Waals surface area contributed by atoms with Gasteiger partial charge in [0.25, 0.3) is 0 Å². The second-order valence-corrected chi connectivity index (χ2v) is 3.34. The molecular formula is C9H11F3N2O2. The van der Waals surface area contributed by atoms with Gasteiger partial charge in [-0.15, -0.1) is 0 Å². The lowest BCUT2D eigenvalue weighted by molar-refractivity contribution is -0.138. The van der Waals surface area contributed by atoms with E-state index in [1.807, 2.05) is 0 Å². The number of carbonyl (C=O) groups is 1. The molecule has 4 nitrogen and oxygen atoms in total. The number of hydrogen-bond donors (Lipinski definition) is 1. The van der Waals surface area contributed by atoms with Crippen LogP contribution in [0, 0.1) is 0 Å². The lowest BCUT2D eigenvalue weighted by Gasteiger charge is -2.01. The summed E-state index contributed by atoms with van der Waals surface area (Å²) in [5, 5.41) is 11.9. The van der Waals surface area contributed by atoms with Gasteiger partial charge in [-0.25, -0.2) is 0 Å². The van der Waals surface area contributed by atoms with Crippen molar-refractivity contribution >= 4 is 5.97 Å². The van der Waals surface area contributed by atoms with Crippen molar-refractivity contribution in [3.63, 3.8) is 0 Å². The van der Waals surface area contributed by atoms with Gasteiger partial charge in [-0.3, -0.25) is 9.48 Å². The number of carboxylic acids is 1. The van der Waals surface area contributed by atoms with Gasteiger partial charge in [0.15, 0.2) is 0 Å². The number of halogens is 3. The fourth-order valence-electron chi connectivity index (χ4n) is 1.18. The first-order valence-corrected chi connectivity index (χ1v) is 4.71. The van der Waals surface area contributed by atoms with Crippen LogP contribution < -0.4 is 0 Å². The zero-order chi connectivity index (χ0) is 12.2. The van der Waals surface area contributed by atoms with Crippen LogP contribution in [0.3, 0.4) is 0 Å². The smallest absolute Gasteiger partial charge is 0.419 e. The first kappa shape index (κ1) is 12.5. The Balaban J connectivity index is 2.38. The average Bonchev–Trinajstić information content (AvgIpc) is 2.59. The molecule has 0 bridgehead atoms. The monoisotopic (exact) mass is 236 g/mol. The summed E-state index contributed by atoms with van der Waals surface area (Å²) in [5.41, 5.74) is -0.786. The molecule has 1 N–H and O–H groups in total. The second-order valence-electron chi connectivity index (χ2n) is 3.34. The predicted octanol–water partition coefficient (Wildman–Crippen LogP) is 2.16. The third kappa shape index (κ3) is 3.92. The lowest BCUT2D eigenvalue weighted by atomic mass is 10.2. The molecule has 16 heavy (non-hydrogen) atoms. The highest BCUT2D eigenvalue weighted by Crippen LogP contribution is 2.28. The largest absolute Gasteiger partial charge is 0.481 e. The molecule has 0 amide bonds. The van der Waals surface area contributed by atoms with Crippen LogP contribution in [0.25, 0.3) is 0 Å². The highest BCUT2D eigenvalue weighted by atomic mass is 19.4. The summed E-state index contributed by atoms with van der Waals surface area (Å²) in [5.74, 6) is -0.906. The van der Waals surface area contributed by atoms with Crippen LogP contribution in [0.4, 0.5) is 13.2 Å². The van der Waals surface area contributed by atoms with Crippen LogP contribution >= 0.6 is 0 Å². The van der Waals surface area contributed by atoms with E-state index in [4.69, 9.17) is 5.11 Å². The van der Waals surface area contributed by atoms with Gasteiger partial charge >= 0.3 is 12.1 Å². The number of nitrogens with zero attached hydrogens (tertiary/aromatic N) is 2. The van der Waals surface area contributed by atoms with E-state index < -0.39 is 17.7 Å². The Morgan fingerprint density at radius 2 is 2.12 bits per heavy atom. The minimum absolute atomic E-state index is 0.0212. The third-order valence-corrected chi connectivity index (χ3v) is 1.99. The standard InChI is InChI=1S/C9H11F3N2O2/c10-9(11,12)7-5-13-14(6-7)4-2-1-3-8(15)16/h5-6H,1-4H2,(H,15,16). The summed E-state index contributed by atoms with van der Waals surface area (Å²) in [6.45, 7) is 0.295. The number of carboxylic acid groups (broad SMARTS) is 1. The number of aliphatic carboxylic acids is 1. The van der Waals surface area contributed by atoms with Crippen molar-refractivity contribution in [3.05, 3.63) is 18.0 Å². The van der Waals surface area contributed by atoms with Gasteiger partial charge in [0.1, 0.15) is 0 Å². The summed E-state index contributed by atoms with van der Waals surface area (Å²) in [7, 11) is 0. The van der Waals surface area contributed by atoms with Crippen molar-refractivity contribution in [3.8, 4) is 0 Å². The van der Waals surface area contributed by atoms with Gasteiger partial charge in [0, 0.05) is 19.2 Å². The molecule has 0 fully saturated rings. The minimum Gasteiger partial charge on any atom is -0.481 e. The van der Waals surface area contributed by atoms with Gasteiger partial charge in [-0.05, 0) is 12.8 Å². The quantitative estimate of drug-likeness (QED) is 0.797. The third-order valence-electron chi connectivity index (χ3n) is 1.99. The SMILES string of the molecule is O=C(O)CCCCn1cc(C(F)(F)F)cn1. The normalized spacial score (nSPS) is 11.7. The molecule has 1 heterocycles. The number of hydrogen-bond acceptors (Lipinski definition) is 2. The lowest BCUT2D eigenvalue weighted by Crippen LogP contribution is -2.04. The highest BCUT2D eigenvalue weighted by Gasteiger charge is 2.31. The predicted molar refractivity (Wildman–Crippen MR) is 48.7 cm³/mol. The topological polar surface area (TPSA) is 55.1 Å². The second kappa shape index (κ2) is 5.00. The average molecular weight is 236 g/mol. The van der Waals surface area contributed by atoms with E-state index in [-0.39, 0.29) is 6.42 Å². The Hall–Kier alpha value is -1.53. The Morgan fingerprint density at radius 1 is 1.44 bits per heavy atom. The highest BCUT2D eigenvalue weighted by molar-refractivity contribution is 5.66. The molecule has 90 valence electrons. The van der Waals surface area contributed by atoms with Crippen molar-refractivity contribution in [2.45, 2.75) is 32.0 Å². The fraction of sp³-hybridized carbons (Fsp3) is 0.556. The maximum atomic E-state index is 12.2. The van der Waals surface area contributed by atoms with Crippen LogP contribution in [-0.2, 0) is 17.5 Å². The van der Waals surface area contributed by atoms with E-state index in [0.717, 1.165) is 12.4 Å². The van der Waals surface area contributed by atoms with Crippen molar-refractivity contribution in [2.24, 2.45) is 0 Å². The van der Waals surface area contributed by atoms with Crippen LogP contribution in [0.15, 0.2) is 12.4 Å². The number of alkyl halides is 3. The van der Waals surface area contributed by atoms with Crippen molar-refractivity contribution in [1.29, 1.82) is 0 Å². The van der Waals surface area contributed by atoms with Gasteiger partial charge in [-0.2, -0.15) is 18.3 Å². The molecule has 1 rings (SSSR count). The molecule has 7 heteroatoms. The van der Waals surface area contributed by atoms with Gasteiger partial charge < -0.3 is 5.11 Å².